The minimum absolute atomic E-state index is 0.140. The fraction of sp³-hybridized carbons (Fsp3) is 0.600. The van der Waals surface area contributed by atoms with Gasteiger partial charge in [-0.05, 0) is 24.1 Å². The van der Waals surface area contributed by atoms with E-state index in [1.807, 2.05) is 12.1 Å². The van der Waals surface area contributed by atoms with Crippen LogP contribution in [0.1, 0.15) is 18.0 Å². The largest absolute Gasteiger partial charge is 0.493 e. The zero-order chi connectivity index (χ0) is 15.2. The summed E-state index contributed by atoms with van der Waals surface area (Å²) in [6.07, 6.45) is 1.03. The normalized spacial score (nSPS) is 18.1. The lowest BCUT2D eigenvalue weighted by Crippen LogP contribution is -2.35. The second kappa shape index (κ2) is 7.98. The van der Waals surface area contributed by atoms with E-state index in [1.54, 1.807) is 14.2 Å². The van der Waals surface area contributed by atoms with Crippen LogP contribution in [-0.2, 0) is 4.74 Å². The van der Waals surface area contributed by atoms with Crippen molar-refractivity contribution in [2.45, 2.75) is 12.5 Å². The maximum absolute atomic E-state index is 6.04. The molecule has 0 spiro atoms. The number of nitrogens with zero attached hydrogens (tertiary/aromatic N) is 1. The van der Waals surface area contributed by atoms with E-state index in [0.29, 0.717) is 12.3 Å². The molecule has 1 aromatic carbocycles. The van der Waals surface area contributed by atoms with Crippen LogP contribution >= 0.6 is 15.9 Å². The van der Waals surface area contributed by atoms with Crippen molar-refractivity contribution in [2.24, 2.45) is 5.73 Å². The Hall–Kier alpha value is -0.820. The van der Waals surface area contributed by atoms with Crippen molar-refractivity contribution in [3.63, 3.8) is 0 Å². The van der Waals surface area contributed by atoms with Crippen molar-refractivity contribution in [1.82, 2.24) is 4.90 Å². The predicted molar refractivity (Wildman–Crippen MR) is 86.1 cm³/mol. The standard InChI is InChI=1S/C15H23BrN2O3/c1-19-14-8-11(12(16)9-15(14)20-2)13(10-17)18-4-3-6-21-7-5-18/h8-9,13H,3-7,10,17H2,1-2H3. The van der Waals surface area contributed by atoms with Crippen LogP contribution < -0.4 is 15.2 Å². The molecule has 1 saturated heterocycles. The van der Waals surface area contributed by atoms with Crippen LogP contribution in [-0.4, -0.2) is 52.0 Å². The highest BCUT2D eigenvalue weighted by Crippen LogP contribution is 2.37. The van der Waals surface area contributed by atoms with E-state index in [4.69, 9.17) is 19.9 Å². The van der Waals surface area contributed by atoms with Gasteiger partial charge in [0.05, 0.1) is 20.8 Å². The summed E-state index contributed by atoms with van der Waals surface area (Å²) in [7, 11) is 3.28. The Labute approximate surface area is 134 Å². The topological polar surface area (TPSA) is 57.0 Å². The second-order valence-corrected chi connectivity index (χ2v) is 5.84. The van der Waals surface area contributed by atoms with Gasteiger partial charge in [-0.25, -0.2) is 0 Å². The van der Waals surface area contributed by atoms with Crippen LogP contribution in [0.5, 0.6) is 11.5 Å². The van der Waals surface area contributed by atoms with Crippen LogP contribution in [0.3, 0.4) is 0 Å². The van der Waals surface area contributed by atoms with Crippen LogP contribution in [0.2, 0.25) is 0 Å². The highest BCUT2D eigenvalue weighted by atomic mass is 79.9. The van der Waals surface area contributed by atoms with Gasteiger partial charge in [-0.1, -0.05) is 15.9 Å². The predicted octanol–water partition coefficient (Wildman–Crippen LogP) is 2.19. The minimum Gasteiger partial charge on any atom is -0.493 e. The van der Waals surface area contributed by atoms with Crippen LogP contribution in [0.25, 0.3) is 0 Å². The molecule has 1 unspecified atom stereocenters. The van der Waals surface area contributed by atoms with Crippen LogP contribution in [0.15, 0.2) is 16.6 Å². The Morgan fingerprint density at radius 1 is 1.24 bits per heavy atom. The first kappa shape index (κ1) is 16.5. The van der Waals surface area contributed by atoms with Gasteiger partial charge < -0.3 is 19.9 Å². The summed E-state index contributed by atoms with van der Waals surface area (Å²) in [6, 6.07) is 4.08. The van der Waals surface area contributed by atoms with Crippen molar-refractivity contribution in [1.29, 1.82) is 0 Å². The molecule has 21 heavy (non-hydrogen) atoms. The molecule has 1 fully saturated rings. The smallest absolute Gasteiger partial charge is 0.161 e. The van der Waals surface area contributed by atoms with Gasteiger partial charge in [0.2, 0.25) is 0 Å². The van der Waals surface area contributed by atoms with Crippen LogP contribution in [0, 0.1) is 0 Å². The Morgan fingerprint density at radius 3 is 2.62 bits per heavy atom. The Bertz CT molecular complexity index is 462. The van der Waals surface area contributed by atoms with Gasteiger partial charge >= 0.3 is 0 Å². The molecule has 0 radical (unpaired) electrons. The summed E-state index contributed by atoms with van der Waals surface area (Å²) in [5.41, 5.74) is 7.16. The first-order chi connectivity index (χ1) is 10.2. The van der Waals surface area contributed by atoms with E-state index in [2.05, 4.69) is 20.8 Å². The van der Waals surface area contributed by atoms with Crippen LogP contribution in [0.4, 0.5) is 0 Å². The summed E-state index contributed by atoms with van der Waals surface area (Å²) in [5.74, 6) is 1.43. The molecule has 0 aromatic heterocycles. The lowest BCUT2D eigenvalue weighted by atomic mass is 10.0. The van der Waals surface area contributed by atoms with E-state index >= 15 is 0 Å². The molecule has 0 bridgehead atoms. The average Bonchev–Trinajstić information content (AvgIpc) is 2.78. The van der Waals surface area contributed by atoms with E-state index < -0.39 is 0 Å². The second-order valence-electron chi connectivity index (χ2n) is 4.98. The third-order valence-electron chi connectivity index (χ3n) is 3.78. The van der Waals surface area contributed by atoms with E-state index in [9.17, 15) is 0 Å². The van der Waals surface area contributed by atoms with Gasteiger partial charge in [-0.2, -0.15) is 0 Å². The minimum atomic E-state index is 0.140. The summed E-state index contributed by atoms with van der Waals surface area (Å²) in [4.78, 5) is 2.37. The first-order valence-corrected chi connectivity index (χ1v) is 7.93. The molecule has 2 N–H and O–H groups in total. The lowest BCUT2D eigenvalue weighted by Gasteiger charge is -2.30. The van der Waals surface area contributed by atoms with Crippen molar-refractivity contribution < 1.29 is 14.2 Å². The molecule has 0 saturated carbocycles. The molecule has 1 atom stereocenters. The highest BCUT2D eigenvalue weighted by Gasteiger charge is 2.24. The number of methoxy groups -OCH3 is 2. The zero-order valence-electron chi connectivity index (χ0n) is 12.6. The fourth-order valence-corrected chi connectivity index (χ4v) is 3.26. The van der Waals surface area contributed by atoms with E-state index in [-0.39, 0.29) is 6.04 Å². The fourth-order valence-electron chi connectivity index (χ4n) is 2.68. The molecule has 1 aliphatic heterocycles. The number of benzene rings is 1. The summed E-state index contributed by atoms with van der Waals surface area (Å²) in [6.45, 7) is 4.00. The van der Waals surface area contributed by atoms with Gasteiger partial charge in [0, 0.05) is 36.8 Å². The molecular weight excluding hydrogens is 336 g/mol. The molecule has 0 aliphatic carbocycles. The van der Waals surface area contributed by atoms with Crippen molar-refractivity contribution in [3.05, 3.63) is 22.2 Å². The Balaban J connectivity index is 2.32. The lowest BCUT2D eigenvalue weighted by molar-refractivity contribution is 0.132. The summed E-state index contributed by atoms with van der Waals surface area (Å²) in [5, 5.41) is 0. The molecule has 1 heterocycles. The van der Waals surface area contributed by atoms with Gasteiger partial charge in [0.15, 0.2) is 11.5 Å². The summed E-state index contributed by atoms with van der Waals surface area (Å²) < 4.78 is 17.3. The maximum Gasteiger partial charge on any atom is 0.161 e. The Kier molecular flexibility index (Phi) is 6.29. The number of ether oxygens (including phenoxy) is 3. The molecular formula is C15H23BrN2O3. The Morgan fingerprint density at radius 2 is 1.95 bits per heavy atom. The van der Waals surface area contributed by atoms with Gasteiger partial charge in [-0.15, -0.1) is 0 Å². The molecule has 5 nitrogen and oxygen atoms in total. The van der Waals surface area contributed by atoms with Gasteiger partial charge in [0.25, 0.3) is 0 Å². The highest BCUT2D eigenvalue weighted by molar-refractivity contribution is 9.10. The summed E-state index contributed by atoms with van der Waals surface area (Å²) >= 11 is 3.63. The maximum atomic E-state index is 6.04. The third-order valence-corrected chi connectivity index (χ3v) is 4.47. The molecule has 118 valence electrons. The quantitative estimate of drug-likeness (QED) is 0.874. The SMILES string of the molecule is COc1cc(Br)c(C(CN)N2CCCOCC2)cc1OC. The van der Waals surface area contributed by atoms with E-state index in [1.165, 1.54) is 0 Å². The average molecular weight is 359 g/mol. The number of rotatable bonds is 5. The van der Waals surface area contributed by atoms with Crippen molar-refractivity contribution in [2.75, 3.05) is 47.1 Å². The molecule has 1 aromatic rings. The van der Waals surface area contributed by atoms with E-state index in [0.717, 1.165) is 48.5 Å². The van der Waals surface area contributed by atoms with Crippen molar-refractivity contribution in [3.8, 4) is 11.5 Å². The number of hydrogen-bond acceptors (Lipinski definition) is 5. The first-order valence-electron chi connectivity index (χ1n) is 7.14. The number of halogens is 1. The molecule has 1 aliphatic rings. The van der Waals surface area contributed by atoms with Gasteiger partial charge in [-0.3, -0.25) is 4.90 Å². The van der Waals surface area contributed by atoms with Gasteiger partial charge in [0.1, 0.15) is 0 Å². The molecule has 0 amide bonds. The zero-order valence-corrected chi connectivity index (χ0v) is 14.2. The molecule has 2 rings (SSSR count). The molecule has 6 heteroatoms. The third kappa shape index (κ3) is 3.88. The number of nitrogens with two attached hydrogens (primary N) is 1. The van der Waals surface area contributed by atoms with Crippen molar-refractivity contribution >= 4 is 15.9 Å². The number of hydrogen-bond donors (Lipinski definition) is 1. The monoisotopic (exact) mass is 358 g/mol.